The molecule has 4 aliphatic heterocycles. The molecule has 0 aliphatic carbocycles. The van der Waals surface area contributed by atoms with Crippen LogP contribution in [0.1, 0.15) is 24.0 Å². The minimum absolute atomic E-state index is 0.393. The predicted molar refractivity (Wildman–Crippen MR) is 133 cm³/mol. The summed E-state index contributed by atoms with van der Waals surface area (Å²) in [5.74, 6) is 3.65. The molecule has 4 bridgehead atoms. The number of benzene rings is 3. The summed E-state index contributed by atoms with van der Waals surface area (Å²) >= 11 is 0. The summed E-state index contributed by atoms with van der Waals surface area (Å²) in [6.45, 7) is 5.22. The molecule has 7 rings (SSSR count). The van der Waals surface area contributed by atoms with Crippen LogP contribution in [0.4, 0.5) is 0 Å². The van der Waals surface area contributed by atoms with Crippen molar-refractivity contribution in [1.29, 1.82) is 0 Å². The third-order valence-corrected chi connectivity index (χ3v) is 7.50. The summed E-state index contributed by atoms with van der Waals surface area (Å²) in [7, 11) is 0. The maximum absolute atomic E-state index is 6.60. The first-order valence-corrected chi connectivity index (χ1v) is 11.9. The molecule has 34 heavy (non-hydrogen) atoms. The smallest absolute Gasteiger partial charge is 0.165 e. The van der Waals surface area contributed by atoms with Crippen molar-refractivity contribution in [3.05, 3.63) is 95.5 Å². The van der Waals surface area contributed by atoms with Crippen LogP contribution in [0.2, 0.25) is 0 Å². The first kappa shape index (κ1) is 19.8. The molecule has 0 radical (unpaired) electrons. The summed E-state index contributed by atoms with van der Waals surface area (Å²) < 4.78 is 25.3. The van der Waals surface area contributed by atoms with Gasteiger partial charge in [-0.3, -0.25) is 0 Å². The molecule has 3 aromatic rings. The van der Waals surface area contributed by atoms with E-state index in [2.05, 4.69) is 74.5 Å². The van der Waals surface area contributed by atoms with Crippen molar-refractivity contribution < 1.29 is 18.9 Å². The van der Waals surface area contributed by atoms with Crippen molar-refractivity contribution in [2.75, 3.05) is 13.2 Å². The van der Waals surface area contributed by atoms with E-state index in [4.69, 9.17) is 18.9 Å². The lowest BCUT2D eigenvalue weighted by Gasteiger charge is -2.26. The monoisotopic (exact) mass is 450 g/mol. The molecule has 2 unspecified atom stereocenters. The van der Waals surface area contributed by atoms with E-state index < -0.39 is 11.2 Å². The van der Waals surface area contributed by atoms with Crippen LogP contribution >= 0.6 is 0 Å². The molecule has 2 atom stereocenters. The lowest BCUT2D eigenvalue weighted by Crippen LogP contribution is -2.32. The Morgan fingerprint density at radius 1 is 0.706 bits per heavy atom. The van der Waals surface area contributed by atoms with Crippen molar-refractivity contribution in [2.45, 2.75) is 37.9 Å². The fourth-order valence-corrected chi connectivity index (χ4v) is 5.39. The van der Waals surface area contributed by atoms with Crippen molar-refractivity contribution in [1.82, 2.24) is 0 Å². The highest BCUT2D eigenvalue weighted by Gasteiger charge is 2.40. The first-order chi connectivity index (χ1) is 16.5. The van der Waals surface area contributed by atoms with Gasteiger partial charge in [0.05, 0.1) is 0 Å². The molecule has 0 aromatic heterocycles. The number of ether oxygens (including phenoxy) is 4. The second-order valence-electron chi connectivity index (χ2n) is 9.88. The van der Waals surface area contributed by atoms with Crippen LogP contribution in [-0.4, -0.2) is 24.4 Å². The Balaban J connectivity index is 1.34. The third-order valence-electron chi connectivity index (χ3n) is 7.50. The van der Waals surface area contributed by atoms with Crippen molar-refractivity contribution in [3.63, 3.8) is 0 Å². The molecule has 0 amide bonds. The number of hydrogen-bond donors (Lipinski definition) is 0. The van der Waals surface area contributed by atoms with Gasteiger partial charge < -0.3 is 18.9 Å². The SMILES string of the molecule is Cc1cc2c(OCC34C=CC(=CC3)O4)c3ccccc3c(OCC34C=CC(=CC3)O4)c2cc1C. The molecule has 0 fully saturated rings. The predicted octanol–water partition coefficient (Wildman–Crippen LogP) is 6.59. The van der Waals surface area contributed by atoms with E-state index in [-0.39, 0.29) is 0 Å². The van der Waals surface area contributed by atoms with Gasteiger partial charge in [-0.05, 0) is 73.6 Å². The van der Waals surface area contributed by atoms with Gasteiger partial charge in [0.15, 0.2) is 11.2 Å². The Hall–Kier alpha value is -3.66. The second-order valence-corrected chi connectivity index (χ2v) is 9.88. The van der Waals surface area contributed by atoms with Crippen molar-refractivity contribution in [3.8, 4) is 11.5 Å². The van der Waals surface area contributed by atoms with Crippen LogP contribution in [0.25, 0.3) is 21.5 Å². The van der Waals surface area contributed by atoms with E-state index in [1.807, 2.05) is 12.2 Å². The fraction of sp³-hybridized carbons (Fsp3) is 0.267. The van der Waals surface area contributed by atoms with Gasteiger partial charge >= 0.3 is 0 Å². The maximum atomic E-state index is 6.60. The average molecular weight is 451 g/mol. The summed E-state index contributed by atoms with van der Waals surface area (Å²) in [5, 5.41) is 4.21. The van der Waals surface area contributed by atoms with Gasteiger partial charge in [-0.15, -0.1) is 0 Å². The largest absolute Gasteiger partial charge is 0.488 e. The number of rotatable bonds is 6. The molecule has 4 aliphatic rings. The number of fused-ring (bicyclic) bond motifs is 6. The van der Waals surface area contributed by atoms with E-state index in [0.717, 1.165) is 57.4 Å². The minimum Gasteiger partial charge on any atom is -0.488 e. The molecule has 0 saturated heterocycles. The Labute approximate surface area is 198 Å². The molecule has 170 valence electrons. The summed E-state index contributed by atoms with van der Waals surface area (Å²) in [6, 6.07) is 12.8. The summed E-state index contributed by atoms with van der Waals surface area (Å²) in [6.07, 6.45) is 14.3. The Kier molecular flexibility index (Phi) is 4.03. The van der Waals surface area contributed by atoms with Gasteiger partial charge in [0.1, 0.15) is 36.2 Å². The summed E-state index contributed by atoms with van der Waals surface area (Å²) in [4.78, 5) is 0. The number of allylic oxidation sites excluding steroid dienone is 2. The van der Waals surface area contributed by atoms with Crippen LogP contribution < -0.4 is 9.47 Å². The zero-order chi connectivity index (χ0) is 22.9. The Morgan fingerprint density at radius 2 is 1.18 bits per heavy atom. The van der Waals surface area contributed by atoms with E-state index in [0.29, 0.717) is 13.2 Å². The van der Waals surface area contributed by atoms with Gasteiger partial charge in [-0.2, -0.15) is 0 Å². The summed E-state index contributed by atoms with van der Waals surface area (Å²) in [5.41, 5.74) is 1.67. The molecule has 4 heterocycles. The van der Waals surface area contributed by atoms with Gasteiger partial charge in [0.25, 0.3) is 0 Å². The quantitative estimate of drug-likeness (QED) is 0.397. The van der Waals surface area contributed by atoms with E-state index in [1.54, 1.807) is 0 Å². The second kappa shape index (κ2) is 6.92. The molecule has 0 N–H and O–H groups in total. The molecular weight excluding hydrogens is 424 g/mol. The van der Waals surface area contributed by atoms with Crippen LogP contribution in [0.5, 0.6) is 11.5 Å². The molecule has 4 nitrogen and oxygen atoms in total. The standard InChI is InChI=1S/C30H26O4/c1-19-15-25-26(16-20(19)2)28(32-18-30-13-9-22(34-30)10-14-30)24-6-4-3-5-23(24)27(25)31-17-29-11-7-21(33-29)8-12-29/h3-11,13,15-16H,12,14,17-18H2,1-2H3. The maximum Gasteiger partial charge on any atom is 0.165 e. The molecule has 3 aromatic carbocycles. The van der Waals surface area contributed by atoms with Crippen LogP contribution in [0.3, 0.4) is 0 Å². The lowest BCUT2D eigenvalue weighted by molar-refractivity contribution is 0.0429. The zero-order valence-corrected chi connectivity index (χ0v) is 19.4. The van der Waals surface area contributed by atoms with Gasteiger partial charge in [-0.25, -0.2) is 0 Å². The zero-order valence-electron chi connectivity index (χ0n) is 19.4. The lowest BCUT2D eigenvalue weighted by atomic mass is 9.95. The van der Waals surface area contributed by atoms with Gasteiger partial charge in [0, 0.05) is 34.4 Å². The van der Waals surface area contributed by atoms with E-state index in [9.17, 15) is 0 Å². The highest BCUT2D eigenvalue weighted by molar-refractivity contribution is 6.11. The Bertz CT molecular complexity index is 1380. The normalized spacial score (nSPS) is 25.6. The number of hydrogen-bond acceptors (Lipinski definition) is 4. The van der Waals surface area contributed by atoms with Crippen LogP contribution in [0, 0.1) is 13.8 Å². The Morgan fingerprint density at radius 3 is 1.53 bits per heavy atom. The molecule has 4 heteroatoms. The minimum atomic E-state index is -0.393. The van der Waals surface area contributed by atoms with Crippen LogP contribution in [-0.2, 0) is 9.47 Å². The molecule has 0 spiro atoms. The third kappa shape index (κ3) is 2.91. The van der Waals surface area contributed by atoms with Gasteiger partial charge in [0.2, 0.25) is 0 Å². The topological polar surface area (TPSA) is 36.9 Å². The van der Waals surface area contributed by atoms with E-state index in [1.165, 1.54) is 11.1 Å². The highest BCUT2D eigenvalue weighted by Crippen LogP contribution is 2.46. The van der Waals surface area contributed by atoms with E-state index >= 15 is 0 Å². The van der Waals surface area contributed by atoms with Crippen LogP contribution in [0.15, 0.2) is 84.4 Å². The number of aryl methyl sites for hydroxylation is 2. The average Bonchev–Trinajstić information content (AvgIpc) is 3.64. The first-order valence-electron chi connectivity index (χ1n) is 11.9. The molecule has 0 saturated carbocycles. The highest BCUT2D eigenvalue weighted by atomic mass is 16.6. The van der Waals surface area contributed by atoms with Crippen molar-refractivity contribution >= 4 is 21.5 Å². The van der Waals surface area contributed by atoms with Crippen molar-refractivity contribution in [2.24, 2.45) is 0 Å². The van der Waals surface area contributed by atoms with Gasteiger partial charge in [-0.1, -0.05) is 24.3 Å². The molecular formula is C30H26O4. The fourth-order valence-electron chi connectivity index (χ4n) is 5.39.